The van der Waals surface area contributed by atoms with Gasteiger partial charge in [-0.05, 0) is 42.7 Å². The highest BCUT2D eigenvalue weighted by molar-refractivity contribution is 5.58. The fraction of sp³-hybridized carbons (Fsp3) is 0.286. The highest BCUT2D eigenvalue weighted by Gasteiger charge is 2.34. The van der Waals surface area contributed by atoms with E-state index in [1.807, 2.05) is 12.1 Å². The van der Waals surface area contributed by atoms with Crippen LogP contribution in [0.15, 0.2) is 85.1 Å². The lowest BCUT2D eigenvalue weighted by molar-refractivity contribution is 0.0195. The summed E-state index contributed by atoms with van der Waals surface area (Å²) in [6.07, 6.45) is 1.73. The number of phenols is 1. The monoisotopic (exact) mass is 453 g/mol. The van der Waals surface area contributed by atoms with Gasteiger partial charge in [-0.2, -0.15) is 15.4 Å². The highest BCUT2D eigenvalue weighted by Crippen LogP contribution is 2.35. The largest absolute Gasteiger partial charge is 0.508 e. The van der Waals surface area contributed by atoms with Gasteiger partial charge in [0.15, 0.2) is 0 Å². The second-order valence-corrected chi connectivity index (χ2v) is 9.28. The van der Waals surface area contributed by atoms with Crippen molar-refractivity contribution in [1.82, 2.24) is 25.2 Å². The van der Waals surface area contributed by atoms with Crippen LogP contribution in [0.5, 0.6) is 5.75 Å². The molecule has 0 radical (unpaired) electrons. The molecule has 1 aromatic heterocycles. The van der Waals surface area contributed by atoms with E-state index in [9.17, 15) is 5.11 Å². The maximum atomic E-state index is 10.3. The van der Waals surface area contributed by atoms with Crippen molar-refractivity contribution < 1.29 is 5.11 Å². The molecular weight excluding hydrogens is 422 g/mol. The van der Waals surface area contributed by atoms with Crippen molar-refractivity contribution in [2.24, 2.45) is 0 Å². The second-order valence-electron chi connectivity index (χ2n) is 9.28. The Morgan fingerprint density at radius 3 is 2.41 bits per heavy atom. The molecule has 1 saturated heterocycles. The first kappa shape index (κ1) is 22.3. The number of phenolic OH excluding ortho intramolecular Hbond substituents is 1. The lowest BCUT2D eigenvalue weighted by Crippen LogP contribution is -2.56. The van der Waals surface area contributed by atoms with E-state index in [1.54, 1.807) is 12.3 Å². The minimum atomic E-state index is 0.0507. The smallest absolute Gasteiger partial charge is 0.115 e. The molecule has 5 rings (SSSR count). The molecule has 6 nitrogen and oxygen atoms in total. The van der Waals surface area contributed by atoms with Gasteiger partial charge in [0.2, 0.25) is 0 Å². The zero-order valence-electron chi connectivity index (χ0n) is 19.7. The minimum Gasteiger partial charge on any atom is -0.508 e. The number of nitrogens with zero attached hydrogens (tertiary/aromatic N) is 4. The van der Waals surface area contributed by atoms with Crippen molar-refractivity contribution in [2.45, 2.75) is 38.5 Å². The first-order valence-corrected chi connectivity index (χ1v) is 11.9. The summed E-state index contributed by atoms with van der Waals surface area (Å²) < 4.78 is 0. The predicted octanol–water partition coefficient (Wildman–Crippen LogP) is 4.86. The molecule has 0 unspecified atom stereocenters. The van der Waals surface area contributed by atoms with Gasteiger partial charge in [-0.3, -0.25) is 9.80 Å². The van der Waals surface area contributed by atoms with E-state index in [1.165, 1.54) is 11.1 Å². The lowest BCUT2D eigenvalue weighted by atomic mass is 9.92. The van der Waals surface area contributed by atoms with Gasteiger partial charge < -0.3 is 5.11 Å². The third-order valence-electron chi connectivity index (χ3n) is 6.85. The van der Waals surface area contributed by atoms with Gasteiger partial charge in [-0.1, -0.05) is 66.7 Å². The van der Waals surface area contributed by atoms with Gasteiger partial charge in [-0.25, -0.2) is 0 Å². The predicted molar refractivity (Wildman–Crippen MR) is 134 cm³/mol. The molecular formula is C28H31N5O. The molecule has 3 atom stereocenters. The molecule has 1 aliphatic rings. The van der Waals surface area contributed by atoms with E-state index in [0.717, 1.165) is 36.5 Å². The Kier molecular flexibility index (Phi) is 6.43. The Morgan fingerprint density at radius 1 is 0.912 bits per heavy atom. The van der Waals surface area contributed by atoms with E-state index in [2.05, 4.69) is 99.7 Å². The Hall–Kier alpha value is -3.48. The van der Waals surface area contributed by atoms with Gasteiger partial charge in [0.05, 0.1) is 12.2 Å². The Balaban J connectivity index is 1.44. The maximum Gasteiger partial charge on any atom is 0.115 e. The molecule has 6 heteroatoms. The molecule has 0 bridgehead atoms. The van der Waals surface area contributed by atoms with E-state index < -0.39 is 0 Å². The standard InChI is InChI=1S/C28H31N5O/c1-20-18-33(21(2)17-32(20)19-22-7-4-3-5-8-22)28(25-9-6-10-26(34)15-25)24-13-11-23(12-14-24)27-16-29-31-30-27/h3-16,20-21,28,34H,17-19H2,1-2H3,(H,29,30,31)/t20-,21+,28-/m1/s1. The van der Waals surface area contributed by atoms with Crippen LogP contribution >= 0.6 is 0 Å². The summed E-state index contributed by atoms with van der Waals surface area (Å²) in [5, 5.41) is 21.1. The van der Waals surface area contributed by atoms with E-state index in [-0.39, 0.29) is 6.04 Å². The summed E-state index contributed by atoms with van der Waals surface area (Å²) in [6, 6.07) is 27.7. The fourth-order valence-corrected chi connectivity index (χ4v) is 5.07. The average molecular weight is 454 g/mol. The molecule has 4 aromatic rings. The van der Waals surface area contributed by atoms with E-state index in [0.29, 0.717) is 17.8 Å². The van der Waals surface area contributed by atoms with Crippen molar-refractivity contribution in [2.75, 3.05) is 13.1 Å². The van der Waals surface area contributed by atoms with Crippen LogP contribution in [0.2, 0.25) is 0 Å². The van der Waals surface area contributed by atoms with Crippen molar-refractivity contribution in [3.05, 3.63) is 102 Å². The summed E-state index contributed by atoms with van der Waals surface area (Å²) in [6.45, 7) is 7.52. The normalized spacial score (nSPS) is 20.3. The van der Waals surface area contributed by atoms with Crippen LogP contribution in [0.3, 0.4) is 0 Å². The highest BCUT2D eigenvalue weighted by atomic mass is 16.3. The summed E-state index contributed by atoms with van der Waals surface area (Å²) in [4.78, 5) is 5.15. The maximum absolute atomic E-state index is 10.3. The quantitative estimate of drug-likeness (QED) is 0.436. The number of hydrogen-bond acceptors (Lipinski definition) is 5. The zero-order chi connectivity index (χ0) is 23.5. The SMILES string of the molecule is C[C@@H]1CN([C@H](c2ccc(-c3cn[nH]n3)cc2)c2cccc(O)c2)[C@@H](C)CN1Cc1ccccc1. The molecule has 0 saturated carbocycles. The summed E-state index contributed by atoms with van der Waals surface area (Å²) in [5.41, 5.74) is 5.51. The topological polar surface area (TPSA) is 68.3 Å². The molecule has 1 fully saturated rings. The first-order valence-electron chi connectivity index (χ1n) is 11.9. The summed E-state index contributed by atoms with van der Waals surface area (Å²) in [7, 11) is 0. The number of H-pyrrole nitrogens is 1. The Labute approximate surface area is 200 Å². The van der Waals surface area contributed by atoms with Crippen LogP contribution in [0.1, 0.15) is 36.6 Å². The Morgan fingerprint density at radius 2 is 1.71 bits per heavy atom. The molecule has 34 heavy (non-hydrogen) atoms. The van der Waals surface area contributed by atoms with Crippen molar-refractivity contribution in [1.29, 1.82) is 0 Å². The number of aromatic hydroxyl groups is 1. The number of benzene rings is 3. The van der Waals surface area contributed by atoms with Crippen molar-refractivity contribution in [3.63, 3.8) is 0 Å². The number of rotatable bonds is 6. The molecule has 3 aromatic carbocycles. The van der Waals surface area contributed by atoms with Crippen LogP contribution in [-0.2, 0) is 6.54 Å². The van der Waals surface area contributed by atoms with Crippen molar-refractivity contribution in [3.8, 4) is 17.0 Å². The van der Waals surface area contributed by atoms with Crippen LogP contribution < -0.4 is 0 Å². The molecule has 2 N–H and O–H groups in total. The molecule has 1 aliphatic heterocycles. The molecule has 2 heterocycles. The van der Waals surface area contributed by atoms with Crippen LogP contribution in [0, 0.1) is 0 Å². The minimum absolute atomic E-state index is 0.0507. The van der Waals surface area contributed by atoms with Gasteiger partial charge in [-0.15, -0.1) is 0 Å². The van der Waals surface area contributed by atoms with Gasteiger partial charge in [0.1, 0.15) is 11.4 Å². The van der Waals surface area contributed by atoms with Crippen LogP contribution in [0.25, 0.3) is 11.3 Å². The zero-order valence-corrected chi connectivity index (χ0v) is 19.7. The van der Waals surface area contributed by atoms with E-state index in [4.69, 9.17) is 0 Å². The van der Waals surface area contributed by atoms with Gasteiger partial charge in [0, 0.05) is 37.3 Å². The van der Waals surface area contributed by atoms with Gasteiger partial charge >= 0.3 is 0 Å². The fourth-order valence-electron chi connectivity index (χ4n) is 5.07. The van der Waals surface area contributed by atoms with Crippen molar-refractivity contribution >= 4 is 0 Å². The second kappa shape index (κ2) is 9.79. The molecule has 0 amide bonds. The number of aromatic amines is 1. The number of aromatic nitrogens is 3. The number of piperazine rings is 1. The molecule has 0 aliphatic carbocycles. The third kappa shape index (κ3) is 4.74. The van der Waals surface area contributed by atoms with Crippen LogP contribution in [-0.4, -0.2) is 55.5 Å². The molecule has 0 spiro atoms. The number of nitrogens with one attached hydrogen (secondary N) is 1. The summed E-state index contributed by atoms with van der Waals surface area (Å²) >= 11 is 0. The van der Waals surface area contributed by atoms with Crippen LogP contribution in [0.4, 0.5) is 0 Å². The summed E-state index contributed by atoms with van der Waals surface area (Å²) in [5.74, 6) is 0.296. The average Bonchev–Trinajstić information content (AvgIpc) is 3.39. The Bertz CT molecular complexity index is 1190. The first-order chi connectivity index (χ1) is 16.6. The lowest BCUT2D eigenvalue weighted by Gasteiger charge is -2.47. The van der Waals surface area contributed by atoms with Gasteiger partial charge in [0.25, 0.3) is 0 Å². The molecule has 174 valence electrons. The van der Waals surface area contributed by atoms with E-state index >= 15 is 0 Å². The third-order valence-corrected chi connectivity index (χ3v) is 6.85. The number of hydrogen-bond donors (Lipinski definition) is 2.